The fourth-order valence-electron chi connectivity index (χ4n) is 3.92. The van der Waals surface area contributed by atoms with Crippen molar-refractivity contribution in [3.8, 4) is 17.1 Å². The Morgan fingerprint density at radius 2 is 1.88 bits per heavy atom. The Balaban J connectivity index is 1.85. The molecular weight excluding hydrogens is 448 g/mol. The van der Waals surface area contributed by atoms with Gasteiger partial charge in [-0.15, -0.1) is 0 Å². The fraction of sp³-hybridized carbons (Fsp3) is 0.476. The molecule has 1 fully saturated rings. The molecule has 0 aliphatic carbocycles. The molecule has 1 aromatic carbocycles. The summed E-state index contributed by atoms with van der Waals surface area (Å²) in [4.78, 5) is 22.5. The molecule has 0 saturated carbocycles. The van der Waals surface area contributed by atoms with Crippen LogP contribution in [0.25, 0.3) is 22.4 Å². The van der Waals surface area contributed by atoms with Gasteiger partial charge >= 0.3 is 0 Å². The van der Waals surface area contributed by atoms with Crippen LogP contribution in [0.5, 0.6) is 5.75 Å². The summed E-state index contributed by atoms with van der Waals surface area (Å²) in [6, 6.07) is 4.64. The molecule has 2 aromatic heterocycles. The van der Waals surface area contributed by atoms with Gasteiger partial charge in [-0.2, -0.15) is 9.40 Å². The van der Waals surface area contributed by atoms with Gasteiger partial charge in [-0.05, 0) is 32.2 Å². The van der Waals surface area contributed by atoms with E-state index in [-0.39, 0.29) is 22.9 Å². The second-order valence-electron chi connectivity index (χ2n) is 7.91. The molecule has 33 heavy (non-hydrogen) atoms. The van der Waals surface area contributed by atoms with E-state index in [1.54, 1.807) is 13.1 Å². The second-order valence-corrected chi connectivity index (χ2v) is 9.85. The monoisotopic (exact) mass is 476 g/mol. The first-order valence-corrected chi connectivity index (χ1v) is 12.1. The minimum absolute atomic E-state index is 0.122. The van der Waals surface area contributed by atoms with Crippen LogP contribution in [0.1, 0.15) is 12.6 Å². The Hall–Kier alpha value is -2.80. The van der Waals surface area contributed by atoms with Crippen LogP contribution in [0.2, 0.25) is 0 Å². The molecule has 0 bridgehead atoms. The average Bonchev–Trinajstić information content (AvgIpc) is 3.10. The van der Waals surface area contributed by atoms with Crippen LogP contribution in [0.4, 0.5) is 0 Å². The van der Waals surface area contributed by atoms with Crippen molar-refractivity contribution < 1.29 is 17.9 Å². The van der Waals surface area contributed by atoms with Gasteiger partial charge in [0.1, 0.15) is 22.8 Å². The second kappa shape index (κ2) is 9.21. The number of hydrogen-bond acceptors (Lipinski definition) is 8. The van der Waals surface area contributed by atoms with E-state index in [0.717, 1.165) is 0 Å². The minimum Gasteiger partial charge on any atom is -0.493 e. The zero-order valence-corrected chi connectivity index (χ0v) is 20.0. The number of aromatic amines is 1. The molecule has 3 heterocycles. The Bertz CT molecular complexity index is 1320. The van der Waals surface area contributed by atoms with Crippen molar-refractivity contribution in [2.24, 2.45) is 7.05 Å². The van der Waals surface area contributed by atoms with Crippen LogP contribution in [-0.2, 0) is 28.4 Å². The lowest BCUT2D eigenvalue weighted by Gasteiger charge is -2.31. The van der Waals surface area contributed by atoms with E-state index >= 15 is 0 Å². The molecule has 12 heteroatoms. The topological polar surface area (TPSA) is 123 Å². The van der Waals surface area contributed by atoms with Gasteiger partial charge in [-0.25, -0.2) is 13.4 Å². The highest BCUT2D eigenvalue weighted by Crippen LogP contribution is 2.32. The average molecular weight is 477 g/mol. The number of nitrogens with zero attached hydrogens (tertiary/aromatic N) is 5. The summed E-state index contributed by atoms with van der Waals surface area (Å²) in [6.45, 7) is 4.54. The van der Waals surface area contributed by atoms with Crippen molar-refractivity contribution in [1.29, 1.82) is 0 Å². The summed E-state index contributed by atoms with van der Waals surface area (Å²) in [5, 5.41) is 4.33. The van der Waals surface area contributed by atoms with Crippen molar-refractivity contribution in [2.45, 2.75) is 18.4 Å². The van der Waals surface area contributed by atoms with Gasteiger partial charge in [-0.1, -0.05) is 0 Å². The normalized spacial score (nSPS) is 15.9. The number of ether oxygens (including phenoxy) is 2. The van der Waals surface area contributed by atoms with Crippen LogP contribution < -0.4 is 10.3 Å². The number of likely N-dealkylation sites (N-methyl/N-ethyl adjacent to an activating group) is 1. The van der Waals surface area contributed by atoms with Gasteiger partial charge in [0.15, 0.2) is 5.52 Å². The molecule has 0 atom stereocenters. The molecule has 1 N–H and O–H groups in total. The molecule has 1 aliphatic rings. The van der Waals surface area contributed by atoms with E-state index in [1.165, 1.54) is 28.2 Å². The number of rotatable bonds is 7. The maximum Gasteiger partial charge on any atom is 0.277 e. The van der Waals surface area contributed by atoms with E-state index in [4.69, 9.17) is 9.47 Å². The number of benzene rings is 1. The van der Waals surface area contributed by atoms with E-state index in [1.807, 2.05) is 14.0 Å². The minimum atomic E-state index is -3.72. The van der Waals surface area contributed by atoms with Gasteiger partial charge in [-0.3, -0.25) is 9.48 Å². The summed E-state index contributed by atoms with van der Waals surface area (Å²) in [5.41, 5.74) is 1.22. The molecule has 0 spiro atoms. The number of nitrogens with one attached hydrogen (secondary N) is 1. The molecule has 1 saturated heterocycles. The highest BCUT2D eigenvalue weighted by atomic mass is 32.2. The van der Waals surface area contributed by atoms with E-state index in [9.17, 15) is 13.2 Å². The maximum atomic E-state index is 13.3. The Morgan fingerprint density at radius 1 is 1.15 bits per heavy atom. The van der Waals surface area contributed by atoms with Gasteiger partial charge < -0.3 is 19.4 Å². The quantitative estimate of drug-likeness (QED) is 0.531. The molecule has 11 nitrogen and oxygen atoms in total. The van der Waals surface area contributed by atoms with Gasteiger partial charge in [0.25, 0.3) is 5.56 Å². The number of sulfonamides is 1. The summed E-state index contributed by atoms with van der Waals surface area (Å²) in [5.74, 6) is 0.631. The predicted octanol–water partition coefficient (Wildman–Crippen LogP) is 0.805. The van der Waals surface area contributed by atoms with Crippen LogP contribution in [0, 0.1) is 0 Å². The summed E-state index contributed by atoms with van der Waals surface area (Å²) < 4.78 is 40.5. The molecule has 3 aromatic rings. The van der Waals surface area contributed by atoms with E-state index in [0.29, 0.717) is 60.8 Å². The summed E-state index contributed by atoms with van der Waals surface area (Å²) >= 11 is 0. The first-order chi connectivity index (χ1) is 15.8. The van der Waals surface area contributed by atoms with Crippen molar-refractivity contribution in [2.75, 3.05) is 46.9 Å². The zero-order chi connectivity index (χ0) is 23.8. The lowest BCUT2D eigenvalue weighted by atomic mass is 10.2. The largest absolute Gasteiger partial charge is 0.493 e. The highest BCUT2D eigenvalue weighted by Gasteiger charge is 2.29. The number of methoxy groups -OCH3 is 1. The van der Waals surface area contributed by atoms with Gasteiger partial charge in [0.2, 0.25) is 10.0 Å². The summed E-state index contributed by atoms with van der Waals surface area (Å²) in [6.07, 6.45) is 0. The molecular formula is C21H28N6O5S. The van der Waals surface area contributed by atoms with Crippen LogP contribution in [0.3, 0.4) is 0 Å². The third-order valence-electron chi connectivity index (χ3n) is 5.65. The number of hydrogen-bond donors (Lipinski definition) is 1. The SMILES string of the molecule is CCOc1ccc(S(=O)(=O)N2CCN(C)CC2)cc1-c1nc2c(COC)nn(C)c2c(=O)[nH]1. The predicted molar refractivity (Wildman–Crippen MR) is 123 cm³/mol. The smallest absolute Gasteiger partial charge is 0.277 e. The van der Waals surface area contributed by atoms with Crippen LogP contribution in [-0.4, -0.2) is 84.3 Å². The van der Waals surface area contributed by atoms with Crippen molar-refractivity contribution in [3.05, 3.63) is 34.2 Å². The lowest BCUT2D eigenvalue weighted by Crippen LogP contribution is -2.47. The Labute approximate surface area is 192 Å². The molecule has 178 valence electrons. The van der Waals surface area contributed by atoms with E-state index in [2.05, 4.69) is 20.0 Å². The number of piperazine rings is 1. The molecule has 0 amide bonds. The molecule has 0 unspecified atom stereocenters. The Kier molecular flexibility index (Phi) is 6.52. The van der Waals surface area contributed by atoms with Crippen LogP contribution >= 0.6 is 0 Å². The zero-order valence-electron chi connectivity index (χ0n) is 19.2. The molecule has 1 aliphatic heterocycles. The van der Waals surface area contributed by atoms with Crippen molar-refractivity contribution in [3.63, 3.8) is 0 Å². The molecule has 0 radical (unpaired) electrons. The number of fused-ring (bicyclic) bond motifs is 1. The molecule has 4 rings (SSSR count). The number of aromatic nitrogens is 4. The first-order valence-electron chi connectivity index (χ1n) is 10.7. The van der Waals surface area contributed by atoms with Crippen molar-refractivity contribution in [1.82, 2.24) is 29.0 Å². The van der Waals surface area contributed by atoms with Crippen molar-refractivity contribution >= 4 is 21.1 Å². The maximum absolute atomic E-state index is 13.3. The third kappa shape index (κ3) is 4.38. The summed E-state index contributed by atoms with van der Waals surface area (Å²) in [7, 11) is 1.44. The first kappa shape index (κ1) is 23.4. The van der Waals surface area contributed by atoms with E-state index < -0.39 is 10.0 Å². The van der Waals surface area contributed by atoms with Gasteiger partial charge in [0.05, 0.1) is 23.7 Å². The Morgan fingerprint density at radius 3 is 2.55 bits per heavy atom. The third-order valence-corrected chi connectivity index (χ3v) is 7.54. The fourth-order valence-corrected chi connectivity index (χ4v) is 5.37. The standard InChI is InChI=1S/C21H28N6O5S/c1-5-32-17-7-6-14(33(29,30)27-10-8-25(2)9-11-27)12-15(17)20-22-18-16(13-31-4)24-26(3)19(18)21(28)23-20/h6-7,12H,5,8-11,13H2,1-4H3,(H,22,23,28). The number of H-pyrrole nitrogens is 1. The van der Waals surface area contributed by atoms with Gasteiger partial charge in [0, 0.05) is 40.3 Å². The lowest BCUT2D eigenvalue weighted by molar-refractivity contribution is 0.181. The number of aryl methyl sites for hydroxylation is 1. The van der Waals surface area contributed by atoms with Crippen LogP contribution in [0.15, 0.2) is 27.9 Å². The highest BCUT2D eigenvalue weighted by molar-refractivity contribution is 7.89.